The van der Waals surface area contributed by atoms with Crippen LogP contribution in [0.3, 0.4) is 0 Å². The summed E-state index contributed by atoms with van der Waals surface area (Å²) in [5.41, 5.74) is 2.30. The fourth-order valence-corrected chi connectivity index (χ4v) is 4.25. The molecule has 1 heterocycles. The molecule has 3 rings (SSSR count). The Kier molecular flexibility index (Phi) is 4.35. The highest BCUT2D eigenvalue weighted by Gasteiger charge is 2.48. The van der Waals surface area contributed by atoms with Gasteiger partial charge in [0.05, 0.1) is 7.11 Å². The van der Waals surface area contributed by atoms with Gasteiger partial charge in [-0.15, -0.1) is 0 Å². The van der Waals surface area contributed by atoms with Gasteiger partial charge in [0.25, 0.3) is 0 Å². The van der Waals surface area contributed by atoms with Crippen LogP contribution < -0.4 is 0 Å². The molecule has 0 radical (unpaired) electrons. The number of rotatable bonds is 0. The van der Waals surface area contributed by atoms with E-state index in [4.69, 9.17) is 4.74 Å². The maximum Gasteiger partial charge on any atom is 0.409 e. The van der Waals surface area contributed by atoms with Gasteiger partial charge in [0, 0.05) is 23.6 Å². The molecule has 1 saturated carbocycles. The summed E-state index contributed by atoms with van der Waals surface area (Å²) < 4.78 is 4.94. The fraction of sp³-hybridized carbons (Fsp3) is 0.550. The van der Waals surface area contributed by atoms with Crippen LogP contribution in [0.1, 0.15) is 43.7 Å². The summed E-state index contributed by atoms with van der Waals surface area (Å²) in [5.74, 6) is 7.39. The van der Waals surface area contributed by atoms with Crippen LogP contribution in [-0.4, -0.2) is 30.7 Å². The lowest BCUT2D eigenvalue weighted by Gasteiger charge is -2.41. The maximum atomic E-state index is 12.0. The summed E-state index contributed by atoms with van der Waals surface area (Å²) in [6.07, 6.45) is 4.14. The third-order valence-electron chi connectivity index (χ3n) is 5.48. The van der Waals surface area contributed by atoms with Crippen molar-refractivity contribution in [3.8, 4) is 11.8 Å². The highest BCUT2D eigenvalue weighted by Crippen LogP contribution is 2.47. The summed E-state index contributed by atoms with van der Waals surface area (Å²) in [7, 11) is 1.47. The Morgan fingerprint density at radius 2 is 2.22 bits per heavy atom. The number of amides is 1. The predicted octanol–water partition coefficient (Wildman–Crippen LogP) is 3.99. The van der Waals surface area contributed by atoms with Gasteiger partial charge in [-0.3, -0.25) is 0 Å². The van der Waals surface area contributed by atoms with E-state index in [9.17, 15) is 4.79 Å². The number of aryl methyl sites for hydroxylation is 1. The minimum atomic E-state index is -0.187. The highest BCUT2D eigenvalue weighted by atomic mass is 16.5. The maximum absolute atomic E-state index is 12.0. The molecule has 0 aromatic heterocycles. The van der Waals surface area contributed by atoms with E-state index in [0.717, 1.165) is 37.8 Å². The van der Waals surface area contributed by atoms with Crippen molar-refractivity contribution in [1.29, 1.82) is 0 Å². The molecule has 122 valence electrons. The van der Waals surface area contributed by atoms with Crippen LogP contribution in [0.2, 0.25) is 0 Å². The van der Waals surface area contributed by atoms with Crippen LogP contribution in [0.25, 0.3) is 0 Å². The van der Waals surface area contributed by atoms with Crippen molar-refractivity contribution in [3.63, 3.8) is 0 Å². The Labute approximate surface area is 139 Å². The predicted molar refractivity (Wildman–Crippen MR) is 91.0 cm³/mol. The molecular formula is C20H25NO2. The van der Waals surface area contributed by atoms with E-state index in [1.807, 2.05) is 4.90 Å². The molecular weight excluding hydrogens is 286 g/mol. The molecule has 2 aliphatic rings. The molecule has 1 aromatic rings. The van der Waals surface area contributed by atoms with Crippen molar-refractivity contribution >= 4 is 6.09 Å². The van der Waals surface area contributed by atoms with Crippen LogP contribution in [0.15, 0.2) is 24.3 Å². The average Bonchev–Trinajstić information content (AvgIpc) is 2.98. The van der Waals surface area contributed by atoms with Crippen molar-refractivity contribution in [2.24, 2.45) is 11.3 Å². The SMILES string of the molecule is COC(=O)N1CC[C@H]2[C@H]1CCC[C@@]2(C)C#Cc1cccc(C)c1. The quantitative estimate of drug-likeness (QED) is 0.678. The topological polar surface area (TPSA) is 29.5 Å². The Hall–Kier alpha value is -1.95. The number of hydrogen-bond acceptors (Lipinski definition) is 2. The third kappa shape index (κ3) is 3.08. The lowest BCUT2D eigenvalue weighted by Crippen LogP contribution is -2.44. The standard InChI is InChI=1S/C20H25NO2/c1-15-6-4-7-16(14-15)9-12-20(2)11-5-8-18-17(20)10-13-21(18)19(22)23-3/h4,6-7,14,17-18H,5,8,10-11,13H2,1-3H3/t17-,18+,20-/m0/s1. The average molecular weight is 311 g/mol. The molecule has 0 unspecified atom stereocenters. The Morgan fingerprint density at radius 1 is 1.39 bits per heavy atom. The summed E-state index contributed by atoms with van der Waals surface area (Å²) in [6.45, 7) is 5.16. The molecule has 1 aliphatic heterocycles. The van der Waals surface area contributed by atoms with Gasteiger partial charge in [0.15, 0.2) is 0 Å². The number of methoxy groups -OCH3 is 1. The zero-order valence-corrected chi connectivity index (χ0v) is 14.3. The van der Waals surface area contributed by atoms with Crippen LogP contribution in [0, 0.1) is 30.1 Å². The smallest absolute Gasteiger partial charge is 0.409 e. The van der Waals surface area contributed by atoms with Gasteiger partial charge in [-0.25, -0.2) is 4.79 Å². The molecule has 3 atom stereocenters. The lowest BCUT2D eigenvalue weighted by atomic mass is 9.65. The number of hydrogen-bond donors (Lipinski definition) is 0. The lowest BCUT2D eigenvalue weighted by molar-refractivity contribution is 0.0830. The van der Waals surface area contributed by atoms with E-state index < -0.39 is 0 Å². The normalized spacial score (nSPS) is 29.4. The van der Waals surface area contributed by atoms with Crippen LogP contribution in [-0.2, 0) is 4.74 Å². The number of ether oxygens (including phenoxy) is 1. The van der Waals surface area contributed by atoms with Gasteiger partial charge in [-0.2, -0.15) is 0 Å². The van der Waals surface area contributed by atoms with Gasteiger partial charge >= 0.3 is 6.09 Å². The Morgan fingerprint density at radius 3 is 2.96 bits per heavy atom. The second kappa shape index (κ2) is 6.28. The largest absolute Gasteiger partial charge is 0.453 e. The molecule has 1 saturated heterocycles. The molecule has 0 spiro atoms. The Balaban J connectivity index is 1.83. The van der Waals surface area contributed by atoms with E-state index in [0.29, 0.717) is 5.92 Å². The van der Waals surface area contributed by atoms with E-state index in [2.05, 4.69) is 50.0 Å². The first kappa shape index (κ1) is 15.9. The van der Waals surface area contributed by atoms with Crippen LogP contribution in [0.4, 0.5) is 4.79 Å². The van der Waals surface area contributed by atoms with Gasteiger partial charge in [-0.1, -0.05) is 24.0 Å². The number of carbonyl (C=O) groups is 1. The molecule has 3 nitrogen and oxygen atoms in total. The van der Waals surface area contributed by atoms with Crippen molar-refractivity contribution in [3.05, 3.63) is 35.4 Å². The van der Waals surface area contributed by atoms with Crippen molar-refractivity contribution in [2.75, 3.05) is 13.7 Å². The van der Waals surface area contributed by atoms with Gasteiger partial charge < -0.3 is 9.64 Å². The number of fused-ring (bicyclic) bond motifs is 1. The summed E-state index contributed by atoms with van der Waals surface area (Å²) in [4.78, 5) is 13.9. The second-order valence-electron chi connectivity index (χ2n) is 7.06. The highest BCUT2D eigenvalue weighted by molar-refractivity contribution is 5.68. The number of benzene rings is 1. The van der Waals surface area contributed by atoms with Gasteiger partial charge in [0.2, 0.25) is 0 Å². The van der Waals surface area contributed by atoms with Crippen LogP contribution in [0.5, 0.6) is 0 Å². The molecule has 1 aliphatic carbocycles. The zero-order chi connectivity index (χ0) is 16.4. The van der Waals surface area contributed by atoms with E-state index >= 15 is 0 Å². The van der Waals surface area contributed by atoms with E-state index in [1.54, 1.807) is 0 Å². The van der Waals surface area contributed by atoms with E-state index in [1.165, 1.54) is 12.7 Å². The molecule has 3 heteroatoms. The van der Waals surface area contributed by atoms with Crippen molar-refractivity contribution in [2.45, 2.75) is 45.6 Å². The molecule has 23 heavy (non-hydrogen) atoms. The number of nitrogens with zero attached hydrogens (tertiary/aromatic N) is 1. The van der Waals surface area contributed by atoms with E-state index in [-0.39, 0.29) is 17.6 Å². The third-order valence-corrected chi connectivity index (χ3v) is 5.48. The van der Waals surface area contributed by atoms with Crippen LogP contribution >= 0.6 is 0 Å². The first-order valence-electron chi connectivity index (χ1n) is 8.48. The molecule has 1 aromatic carbocycles. The summed E-state index contributed by atoms with van der Waals surface area (Å²) in [6, 6.07) is 8.63. The first-order chi connectivity index (χ1) is 11.0. The van der Waals surface area contributed by atoms with Gasteiger partial charge in [-0.05, 0) is 63.1 Å². The zero-order valence-electron chi connectivity index (χ0n) is 14.3. The van der Waals surface area contributed by atoms with Crippen molar-refractivity contribution < 1.29 is 9.53 Å². The minimum Gasteiger partial charge on any atom is -0.453 e. The summed E-state index contributed by atoms with van der Waals surface area (Å²) in [5, 5.41) is 0. The Bertz CT molecular complexity index is 657. The fourth-order valence-electron chi connectivity index (χ4n) is 4.25. The second-order valence-corrected chi connectivity index (χ2v) is 7.06. The summed E-state index contributed by atoms with van der Waals surface area (Å²) >= 11 is 0. The number of likely N-dealkylation sites (tertiary alicyclic amines) is 1. The minimum absolute atomic E-state index is 0.0184. The number of carbonyl (C=O) groups excluding carboxylic acids is 1. The molecule has 0 N–H and O–H groups in total. The molecule has 0 bridgehead atoms. The molecule has 1 amide bonds. The van der Waals surface area contributed by atoms with Crippen molar-refractivity contribution in [1.82, 2.24) is 4.90 Å². The monoisotopic (exact) mass is 311 g/mol. The van der Waals surface area contributed by atoms with Gasteiger partial charge in [0.1, 0.15) is 0 Å². The molecule has 2 fully saturated rings. The first-order valence-corrected chi connectivity index (χ1v) is 8.48.